The first-order chi connectivity index (χ1) is 14.1. The summed E-state index contributed by atoms with van der Waals surface area (Å²) < 4.78 is 54.7. The van der Waals surface area contributed by atoms with E-state index in [0.717, 1.165) is 22.7 Å². The van der Waals surface area contributed by atoms with Crippen molar-refractivity contribution in [1.82, 2.24) is 5.32 Å². The van der Waals surface area contributed by atoms with Crippen molar-refractivity contribution in [3.63, 3.8) is 0 Å². The smallest absolute Gasteiger partial charge is 0.243 e. The zero-order valence-electron chi connectivity index (χ0n) is 17.4. The number of nitrogens with one attached hydrogen (secondary N) is 1. The normalized spacial score (nSPS) is 12.1. The first-order valence-electron chi connectivity index (χ1n) is 8.94. The van der Waals surface area contributed by atoms with Gasteiger partial charge in [0.05, 0.1) is 33.3 Å². The monoisotopic (exact) mass is 440 g/mol. The van der Waals surface area contributed by atoms with Gasteiger partial charge < -0.3 is 19.5 Å². The van der Waals surface area contributed by atoms with Gasteiger partial charge in [0, 0.05) is 12.1 Å². The molecule has 1 N–H and O–H groups in total. The molecule has 0 radical (unpaired) electrons. The number of benzene rings is 2. The minimum absolute atomic E-state index is 0.0632. The van der Waals surface area contributed by atoms with Gasteiger partial charge in [-0.15, -0.1) is 0 Å². The molecule has 1 amide bonds. The summed E-state index contributed by atoms with van der Waals surface area (Å²) in [4.78, 5) is 12.7. The summed E-state index contributed by atoms with van der Waals surface area (Å²) in [7, 11) is 0.627. The second-order valence-corrected chi connectivity index (χ2v) is 8.28. The molecule has 2 aromatic carbocycles. The number of methoxy groups -OCH3 is 3. The number of carbonyl (C=O) groups excluding carboxylic acids is 1. The molecule has 0 saturated carbocycles. The molecule has 0 aliphatic carbocycles. The Bertz CT molecular complexity index is 995. The molecular weight excluding hydrogens is 415 g/mol. The van der Waals surface area contributed by atoms with E-state index in [1.807, 2.05) is 0 Å². The van der Waals surface area contributed by atoms with Crippen LogP contribution in [0.25, 0.3) is 0 Å². The van der Waals surface area contributed by atoms with Gasteiger partial charge in [-0.05, 0) is 43.3 Å². The van der Waals surface area contributed by atoms with Crippen molar-refractivity contribution < 1.29 is 31.8 Å². The van der Waals surface area contributed by atoms with Crippen LogP contribution in [0.15, 0.2) is 36.4 Å². The maximum Gasteiger partial charge on any atom is 0.243 e. The molecule has 2 aromatic rings. The Morgan fingerprint density at radius 2 is 1.63 bits per heavy atom. The van der Waals surface area contributed by atoms with Crippen LogP contribution in [0.2, 0.25) is 0 Å². The maximum atomic E-state index is 13.2. The van der Waals surface area contributed by atoms with E-state index in [9.17, 15) is 17.6 Å². The molecule has 0 bridgehead atoms. The molecule has 0 aliphatic heterocycles. The van der Waals surface area contributed by atoms with Crippen molar-refractivity contribution in [3.8, 4) is 17.2 Å². The molecule has 30 heavy (non-hydrogen) atoms. The standard InChI is InChI=1S/C20H25FN2O6S/c1-13(23(30(5,25)26)16-9-7-15(21)8-10-16)20(24)22-12-14-6-11-17(27-2)19(29-4)18(14)28-3/h6-11,13H,12H2,1-5H3,(H,22,24). The highest BCUT2D eigenvalue weighted by atomic mass is 32.2. The lowest BCUT2D eigenvalue weighted by Gasteiger charge is -2.28. The van der Waals surface area contributed by atoms with Crippen LogP contribution in [0.3, 0.4) is 0 Å². The van der Waals surface area contributed by atoms with Crippen LogP contribution in [-0.4, -0.2) is 48.0 Å². The molecule has 0 aromatic heterocycles. The maximum absolute atomic E-state index is 13.2. The Morgan fingerprint density at radius 3 is 2.13 bits per heavy atom. The highest BCUT2D eigenvalue weighted by molar-refractivity contribution is 7.92. The Kier molecular flexibility index (Phi) is 7.49. The number of ether oxygens (including phenoxy) is 3. The SMILES string of the molecule is COc1ccc(CNC(=O)C(C)N(c2ccc(F)cc2)S(C)(=O)=O)c(OC)c1OC. The molecule has 0 spiro atoms. The highest BCUT2D eigenvalue weighted by Crippen LogP contribution is 2.39. The highest BCUT2D eigenvalue weighted by Gasteiger charge is 2.29. The molecule has 0 aliphatic rings. The van der Waals surface area contributed by atoms with Crippen molar-refractivity contribution >= 4 is 21.6 Å². The van der Waals surface area contributed by atoms with E-state index in [-0.39, 0.29) is 12.2 Å². The lowest BCUT2D eigenvalue weighted by atomic mass is 10.1. The Morgan fingerprint density at radius 1 is 1.03 bits per heavy atom. The quantitative estimate of drug-likeness (QED) is 0.643. The predicted octanol–water partition coefficient (Wildman–Crippen LogP) is 2.32. The lowest BCUT2D eigenvalue weighted by Crippen LogP contribution is -2.47. The molecule has 1 unspecified atom stereocenters. The number of amides is 1. The summed E-state index contributed by atoms with van der Waals surface area (Å²) in [5.74, 6) is 0.191. The molecule has 0 fully saturated rings. The molecular formula is C20H25FN2O6S. The first-order valence-corrected chi connectivity index (χ1v) is 10.8. The number of hydrogen-bond acceptors (Lipinski definition) is 6. The van der Waals surface area contributed by atoms with Crippen LogP contribution in [0.5, 0.6) is 17.2 Å². The number of carbonyl (C=O) groups is 1. The van der Waals surface area contributed by atoms with Crippen molar-refractivity contribution in [1.29, 1.82) is 0 Å². The molecule has 164 valence electrons. The third kappa shape index (κ3) is 5.12. The largest absolute Gasteiger partial charge is 0.493 e. The Labute approximate surface area is 175 Å². The fourth-order valence-corrected chi connectivity index (χ4v) is 4.20. The van der Waals surface area contributed by atoms with E-state index >= 15 is 0 Å². The first kappa shape index (κ1) is 23.3. The number of halogens is 1. The molecule has 10 heteroatoms. The third-order valence-electron chi connectivity index (χ3n) is 4.41. The fraction of sp³-hybridized carbons (Fsp3) is 0.350. The molecule has 8 nitrogen and oxygen atoms in total. The zero-order chi connectivity index (χ0) is 22.5. The van der Waals surface area contributed by atoms with E-state index in [2.05, 4.69) is 5.32 Å². The fourth-order valence-electron chi connectivity index (χ4n) is 3.03. The van der Waals surface area contributed by atoms with E-state index in [0.29, 0.717) is 22.8 Å². The van der Waals surface area contributed by atoms with Gasteiger partial charge in [0.15, 0.2) is 11.5 Å². The average Bonchev–Trinajstić information content (AvgIpc) is 2.71. The topological polar surface area (TPSA) is 94.2 Å². The molecule has 0 saturated heterocycles. The number of sulfonamides is 1. The lowest BCUT2D eigenvalue weighted by molar-refractivity contribution is -0.122. The van der Waals surface area contributed by atoms with Gasteiger partial charge in [-0.3, -0.25) is 9.10 Å². The predicted molar refractivity (Wildman–Crippen MR) is 111 cm³/mol. The Balaban J connectivity index is 2.25. The summed E-state index contributed by atoms with van der Waals surface area (Å²) in [6, 6.07) is 7.18. The van der Waals surface area contributed by atoms with Gasteiger partial charge in [-0.2, -0.15) is 0 Å². The minimum atomic E-state index is -3.80. The third-order valence-corrected chi connectivity index (χ3v) is 5.65. The molecule has 1 atom stereocenters. The number of nitrogens with zero attached hydrogens (tertiary/aromatic N) is 1. The number of rotatable bonds is 9. The minimum Gasteiger partial charge on any atom is -0.493 e. The molecule has 0 heterocycles. The van der Waals surface area contributed by atoms with Gasteiger partial charge in [-0.25, -0.2) is 12.8 Å². The summed E-state index contributed by atoms with van der Waals surface area (Å²) in [5.41, 5.74) is 0.800. The average molecular weight is 440 g/mol. The van der Waals surface area contributed by atoms with E-state index < -0.39 is 27.8 Å². The van der Waals surface area contributed by atoms with Gasteiger partial charge >= 0.3 is 0 Å². The van der Waals surface area contributed by atoms with E-state index in [4.69, 9.17) is 14.2 Å². The van der Waals surface area contributed by atoms with Crippen molar-refractivity contribution in [3.05, 3.63) is 47.8 Å². The van der Waals surface area contributed by atoms with Crippen LogP contribution >= 0.6 is 0 Å². The summed E-state index contributed by atoms with van der Waals surface area (Å²) in [6.45, 7) is 1.51. The number of anilines is 1. The Hall–Kier alpha value is -3.01. The van der Waals surface area contributed by atoms with Crippen LogP contribution in [0.1, 0.15) is 12.5 Å². The number of hydrogen-bond donors (Lipinski definition) is 1. The van der Waals surface area contributed by atoms with Crippen LogP contribution in [0, 0.1) is 5.82 Å². The van der Waals surface area contributed by atoms with E-state index in [1.165, 1.54) is 40.4 Å². The van der Waals surface area contributed by atoms with Crippen molar-refractivity contribution in [2.75, 3.05) is 31.9 Å². The van der Waals surface area contributed by atoms with Crippen LogP contribution < -0.4 is 23.8 Å². The summed E-state index contributed by atoms with van der Waals surface area (Å²) >= 11 is 0. The molecule has 2 rings (SSSR count). The van der Waals surface area contributed by atoms with Gasteiger partial charge in [0.2, 0.25) is 21.7 Å². The zero-order valence-corrected chi connectivity index (χ0v) is 18.2. The summed E-state index contributed by atoms with van der Waals surface area (Å²) in [5, 5.41) is 2.70. The van der Waals surface area contributed by atoms with Crippen LogP contribution in [-0.2, 0) is 21.4 Å². The second kappa shape index (κ2) is 9.66. The van der Waals surface area contributed by atoms with Crippen LogP contribution in [0.4, 0.5) is 10.1 Å². The second-order valence-electron chi connectivity index (χ2n) is 6.42. The van der Waals surface area contributed by atoms with E-state index in [1.54, 1.807) is 12.1 Å². The van der Waals surface area contributed by atoms with Gasteiger partial charge in [0.25, 0.3) is 0 Å². The van der Waals surface area contributed by atoms with Crippen molar-refractivity contribution in [2.45, 2.75) is 19.5 Å². The van der Waals surface area contributed by atoms with Gasteiger partial charge in [-0.1, -0.05) is 0 Å². The van der Waals surface area contributed by atoms with Crippen molar-refractivity contribution in [2.24, 2.45) is 0 Å². The van der Waals surface area contributed by atoms with Gasteiger partial charge in [0.1, 0.15) is 11.9 Å². The summed E-state index contributed by atoms with van der Waals surface area (Å²) in [6.07, 6.45) is 0.984.